The number of amides is 3. The molecule has 0 spiro atoms. The Balaban J connectivity index is 2.92. The zero-order valence-corrected chi connectivity index (χ0v) is 22.1. The lowest BCUT2D eigenvalue weighted by Crippen LogP contribution is -2.30. The first-order valence-electron chi connectivity index (χ1n) is 12.2. The van der Waals surface area contributed by atoms with Gasteiger partial charge in [0.05, 0.1) is 0 Å². The second-order valence-electron chi connectivity index (χ2n) is 11.7. The van der Waals surface area contributed by atoms with Gasteiger partial charge in [0, 0.05) is 34.3 Å². The predicted molar refractivity (Wildman–Crippen MR) is 137 cm³/mol. The molecule has 0 aromatic heterocycles. The molecular formula is C27H45N3O3. The van der Waals surface area contributed by atoms with Crippen LogP contribution in [0.15, 0.2) is 18.2 Å². The van der Waals surface area contributed by atoms with Crippen LogP contribution in [-0.4, -0.2) is 24.3 Å². The van der Waals surface area contributed by atoms with E-state index in [0.717, 1.165) is 18.8 Å². The Labute approximate surface area is 200 Å². The van der Waals surface area contributed by atoms with Crippen LogP contribution in [0.1, 0.15) is 98.4 Å². The van der Waals surface area contributed by atoms with Gasteiger partial charge in [-0.05, 0) is 36.5 Å². The summed E-state index contributed by atoms with van der Waals surface area (Å²) in [6.45, 7) is 18.2. The van der Waals surface area contributed by atoms with Gasteiger partial charge in [0.25, 0.3) is 5.91 Å². The van der Waals surface area contributed by atoms with Gasteiger partial charge in [-0.25, -0.2) is 0 Å². The van der Waals surface area contributed by atoms with Crippen molar-refractivity contribution in [3.05, 3.63) is 23.8 Å². The van der Waals surface area contributed by atoms with Crippen LogP contribution in [-0.2, 0) is 9.59 Å². The highest BCUT2D eigenvalue weighted by Gasteiger charge is 2.24. The van der Waals surface area contributed by atoms with E-state index in [9.17, 15) is 14.4 Å². The zero-order valence-electron chi connectivity index (χ0n) is 22.1. The molecule has 0 saturated carbocycles. The van der Waals surface area contributed by atoms with Crippen molar-refractivity contribution in [3.8, 4) is 0 Å². The first-order chi connectivity index (χ1) is 15.1. The van der Waals surface area contributed by atoms with Gasteiger partial charge in [-0.15, -0.1) is 0 Å². The van der Waals surface area contributed by atoms with Crippen LogP contribution in [0.2, 0.25) is 0 Å². The Bertz CT molecular complexity index is 771. The smallest absolute Gasteiger partial charge is 0.251 e. The molecule has 186 valence electrons. The molecule has 33 heavy (non-hydrogen) atoms. The van der Waals surface area contributed by atoms with Crippen LogP contribution in [0.3, 0.4) is 0 Å². The summed E-state index contributed by atoms with van der Waals surface area (Å²) >= 11 is 0. The molecule has 1 rings (SSSR count). The third kappa shape index (κ3) is 10.9. The summed E-state index contributed by atoms with van der Waals surface area (Å²) in [6, 6.07) is 4.98. The summed E-state index contributed by atoms with van der Waals surface area (Å²) in [5, 5.41) is 8.72. The number of carbonyl (C=O) groups excluding carboxylic acids is 3. The second-order valence-corrected chi connectivity index (χ2v) is 11.7. The molecule has 1 aromatic rings. The Hall–Kier alpha value is -2.37. The number of carbonyl (C=O) groups is 3. The maximum atomic E-state index is 12.9. The van der Waals surface area contributed by atoms with Gasteiger partial charge in [-0.1, -0.05) is 81.6 Å². The average molecular weight is 460 g/mol. The maximum absolute atomic E-state index is 12.9. The number of nitrogens with one attached hydrogen (secondary N) is 3. The molecule has 0 aliphatic heterocycles. The van der Waals surface area contributed by atoms with Gasteiger partial charge >= 0.3 is 0 Å². The normalized spacial score (nSPS) is 12.9. The summed E-state index contributed by atoms with van der Waals surface area (Å²) in [5.74, 6) is 0.716. The first-order valence-corrected chi connectivity index (χ1v) is 12.2. The molecule has 3 N–H and O–H groups in total. The Morgan fingerprint density at radius 1 is 0.758 bits per heavy atom. The van der Waals surface area contributed by atoms with E-state index in [4.69, 9.17) is 0 Å². The van der Waals surface area contributed by atoms with E-state index in [1.807, 2.05) is 41.5 Å². The van der Waals surface area contributed by atoms with Gasteiger partial charge in [0.15, 0.2) is 0 Å². The average Bonchev–Trinajstić information content (AvgIpc) is 2.65. The molecule has 6 heteroatoms. The summed E-state index contributed by atoms with van der Waals surface area (Å²) in [4.78, 5) is 37.8. The summed E-state index contributed by atoms with van der Waals surface area (Å²) in [7, 11) is 0. The standard InChI is InChI=1S/C27H45N3O3/c1-18(2)11-10-12-19(3)13-14-28-23(31)20-15-21(29-24(32)26(4,5)6)17-22(16-20)30-25(33)27(7,8)9/h15-19H,10-14H2,1-9H3,(H,28,31)(H,29,32)(H,30,33). The fourth-order valence-corrected chi connectivity index (χ4v) is 3.09. The van der Waals surface area contributed by atoms with Gasteiger partial charge in [-0.3, -0.25) is 14.4 Å². The Morgan fingerprint density at radius 3 is 1.67 bits per heavy atom. The third-order valence-electron chi connectivity index (χ3n) is 5.47. The molecule has 1 aromatic carbocycles. The van der Waals surface area contributed by atoms with Crippen LogP contribution in [0.4, 0.5) is 11.4 Å². The number of hydrogen-bond donors (Lipinski definition) is 3. The van der Waals surface area contributed by atoms with E-state index in [1.54, 1.807) is 18.2 Å². The largest absolute Gasteiger partial charge is 0.352 e. The van der Waals surface area contributed by atoms with Crippen LogP contribution in [0, 0.1) is 22.7 Å². The molecular weight excluding hydrogens is 414 g/mol. The van der Waals surface area contributed by atoms with Crippen molar-refractivity contribution in [2.45, 2.75) is 88.0 Å². The lowest BCUT2D eigenvalue weighted by atomic mass is 9.95. The molecule has 1 atom stereocenters. The van der Waals surface area contributed by atoms with Gasteiger partial charge < -0.3 is 16.0 Å². The molecule has 0 radical (unpaired) electrons. The van der Waals surface area contributed by atoms with Crippen molar-refractivity contribution in [2.75, 3.05) is 17.2 Å². The van der Waals surface area contributed by atoms with Crippen LogP contribution in [0.25, 0.3) is 0 Å². The van der Waals surface area contributed by atoms with Gasteiger partial charge in [0.1, 0.15) is 0 Å². The van der Waals surface area contributed by atoms with E-state index >= 15 is 0 Å². The van der Waals surface area contributed by atoms with Gasteiger partial charge in [0.2, 0.25) is 11.8 Å². The summed E-state index contributed by atoms with van der Waals surface area (Å²) in [5.41, 5.74) is 0.193. The molecule has 0 fully saturated rings. The van der Waals surface area contributed by atoms with E-state index < -0.39 is 10.8 Å². The highest BCUT2D eigenvalue weighted by molar-refractivity contribution is 6.02. The Kier molecular flexibility index (Phi) is 10.6. The fourth-order valence-electron chi connectivity index (χ4n) is 3.09. The predicted octanol–water partition coefficient (Wildman–Crippen LogP) is 6.24. The van der Waals surface area contributed by atoms with Crippen molar-refractivity contribution < 1.29 is 14.4 Å². The van der Waals surface area contributed by atoms with Crippen molar-refractivity contribution in [3.63, 3.8) is 0 Å². The Morgan fingerprint density at radius 2 is 1.24 bits per heavy atom. The van der Waals surface area contributed by atoms with E-state index in [2.05, 4.69) is 36.7 Å². The van der Waals surface area contributed by atoms with Crippen molar-refractivity contribution >= 4 is 29.1 Å². The molecule has 0 saturated heterocycles. The second kappa shape index (κ2) is 12.2. The molecule has 0 aliphatic rings. The van der Waals surface area contributed by atoms with Crippen LogP contribution < -0.4 is 16.0 Å². The first kappa shape index (κ1) is 28.7. The molecule has 0 bridgehead atoms. The molecule has 0 aliphatic carbocycles. The van der Waals surface area contributed by atoms with Crippen LogP contribution >= 0.6 is 0 Å². The fraction of sp³-hybridized carbons (Fsp3) is 0.667. The number of benzene rings is 1. The highest BCUT2D eigenvalue weighted by atomic mass is 16.2. The molecule has 3 amide bonds. The van der Waals surface area contributed by atoms with E-state index in [0.29, 0.717) is 29.4 Å². The van der Waals surface area contributed by atoms with Crippen molar-refractivity contribution in [2.24, 2.45) is 22.7 Å². The summed E-state index contributed by atoms with van der Waals surface area (Å²) < 4.78 is 0. The van der Waals surface area contributed by atoms with Crippen LogP contribution in [0.5, 0.6) is 0 Å². The molecule has 1 unspecified atom stereocenters. The quantitative estimate of drug-likeness (QED) is 0.387. The third-order valence-corrected chi connectivity index (χ3v) is 5.47. The van der Waals surface area contributed by atoms with E-state index in [1.165, 1.54) is 12.8 Å². The maximum Gasteiger partial charge on any atom is 0.251 e. The lowest BCUT2D eigenvalue weighted by Gasteiger charge is -2.21. The number of anilines is 2. The minimum atomic E-state index is -0.585. The number of hydrogen-bond acceptors (Lipinski definition) is 3. The van der Waals surface area contributed by atoms with Crippen molar-refractivity contribution in [1.29, 1.82) is 0 Å². The molecule has 0 heterocycles. The minimum absolute atomic E-state index is 0.164. The number of rotatable bonds is 10. The van der Waals surface area contributed by atoms with E-state index in [-0.39, 0.29) is 17.7 Å². The zero-order chi connectivity index (χ0) is 25.4. The molecule has 6 nitrogen and oxygen atoms in total. The monoisotopic (exact) mass is 459 g/mol. The minimum Gasteiger partial charge on any atom is -0.352 e. The summed E-state index contributed by atoms with van der Waals surface area (Å²) in [6.07, 6.45) is 4.51. The van der Waals surface area contributed by atoms with Crippen molar-refractivity contribution in [1.82, 2.24) is 5.32 Å². The van der Waals surface area contributed by atoms with Gasteiger partial charge in [-0.2, -0.15) is 0 Å². The lowest BCUT2D eigenvalue weighted by molar-refractivity contribution is -0.123. The SMILES string of the molecule is CC(C)CCCC(C)CCNC(=O)c1cc(NC(=O)C(C)(C)C)cc(NC(=O)C(C)(C)C)c1. The highest BCUT2D eigenvalue weighted by Crippen LogP contribution is 2.24. The topological polar surface area (TPSA) is 87.3 Å².